The van der Waals surface area contributed by atoms with Crippen LogP contribution in [0.15, 0.2) is 36.7 Å². The Balaban J connectivity index is 1.80. The average molecular weight is 303 g/mol. The highest BCUT2D eigenvalue weighted by atomic mass is 15.1. The Morgan fingerprint density at radius 2 is 2.00 bits per heavy atom. The van der Waals surface area contributed by atoms with Gasteiger partial charge in [0.05, 0.1) is 11.6 Å². The van der Waals surface area contributed by atoms with Gasteiger partial charge in [-0.1, -0.05) is 11.6 Å². The quantitative estimate of drug-likeness (QED) is 0.686. The third-order valence-corrected chi connectivity index (χ3v) is 5.51. The van der Waals surface area contributed by atoms with Crippen LogP contribution in [0.25, 0.3) is 10.9 Å². The average Bonchev–Trinajstić information content (AvgIpc) is 3.08. The Morgan fingerprint density at radius 3 is 2.83 bits per heavy atom. The van der Waals surface area contributed by atoms with Crippen molar-refractivity contribution in [3.05, 3.63) is 64.6 Å². The number of hydrogen-bond acceptors (Lipinski definition) is 2. The number of aryl methyl sites for hydroxylation is 1. The number of pyridine rings is 1. The second kappa shape index (κ2) is 4.68. The Kier molecular flexibility index (Phi) is 2.71. The van der Waals surface area contributed by atoms with Gasteiger partial charge in [0.15, 0.2) is 0 Å². The van der Waals surface area contributed by atoms with Crippen molar-refractivity contribution in [3.8, 4) is 0 Å². The van der Waals surface area contributed by atoms with Gasteiger partial charge in [0.2, 0.25) is 0 Å². The lowest BCUT2D eigenvalue weighted by Crippen LogP contribution is -2.28. The highest BCUT2D eigenvalue weighted by Gasteiger charge is 2.32. The number of benzene rings is 1. The van der Waals surface area contributed by atoms with Crippen molar-refractivity contribution in [1.29, 1.82) is 0 Å². The van der Waals surface area contributed by atoms with Crippen molar-refractivity contribution in [2.45, 2.75) is 32.4 Å². The molecule has 2 aliphatic heterocycles. The Labute approximate surface area is 136 Å². The zero-order valence-electron chi connectivity index (χ0n) is 13.7. The zero-order chi connectivity index (χ0) is 15.6. The first-order valence-electron chi connectivity index (χ1n) is 8.46. The van der Waals surface area contributed by atoms with E-state index in [9.17, 15) is 0 Å². The lowest BCUT2D eigenvalue weighted by Gasteiger charge is -2.26. The maximum atomic E-state index is 4.20. The van der Waals surface area contributed by atoms with Crippen molar-refractivity contribution in [2.75, 3.05) is 13.6 Å². The zero-order valence-corrected chi connectivity index (χ0v) is 13.7. The van der Waals surface area contributed by atoms with Gasteiger partial charge in [0.25, 0.3) is 0 Å². The second-order valence-electron chi connectivity index (χ2n) is 7.10. The molecule has 3 heteroatoms. The van der Waals surface area contributed by atoms with Crippen molar-refractivity contribution < 1.29 is 0 Å². The summed E-state index contributed by atoms with van der Waals surface area (Å²) in [6.07, 6.45) is 6.11. The van der Waals surface area contributed by atoms with Crippen molar-refractivity contribution in [3.63, 3.8) is 0 Å². The predicted octanol–water partition coefficient (Wildman–Crippen LogP) is 3.48. The number of rotatable bonds is 1. The molecule has 0 fully saturated rings. The first-order chi connectivity index (χ1) is 11.2. The van der Waals surface area contributed by atoms with E-state index in [1.165, 1.54) is 27.6 Å². The highest BCUT2D eigenvalue weighted by Crippen LogP contribution is 2.43. The molecule has 0 aliphatic carbocycles. The minimum atomic E-state index is 0.435. The normalized spacial score (nSPS) is 20.2. The smallest absolute Gasteiger partial charge is 0.0631 e. The maximum absolute atomic E-state index is 4.20. The molecule has 1 aromatic carbocycles. The lowest BCUT2D eigenvalue weighted by atomic mass is 9.96. The standard InChI is InChI=1S/C20H21N3/c1-13-9-15-11-19(14-3-6-21-7-4-14)23-18-5-8-22(2)12-17(18)16(10-13)20(15)23/h3-4,6-7,9-10,19H,5,8,11-12H2,1-2H3. The Hall–Kier alpha value is -2.13. The van der Waals surface area contributed by atoms with Crippen LogP contribution < -0.4 is 0 Å². The molecule has 0 spiro atoms. The number of hydrogen-bond donors (Lipinski definition) is 0. The van der Waals surface area contributed by atoms with Gasteiger partial charge >= 0.3 is 0 Å². The van der Waals surface area contributed by atoms with E-state index in [-0.39, 0.29) is 0 Å². The molecule has 0 N–H and O–H groups in total. The molecule has 3 nitrogen and oxygen atoms in total. The summed E-state index contributed by atoms with van der Waals surface area (Å²) < 4.78 is 2.64. The lowest BCUT2D eigenvalue weighted by molar-refractivity contribution is 0.308. The van der Waals surface area contributed by atoms with Crippen molar-refractivity contribution in [1.82, 2.24) is 14.5 Å². The molecule has 23 heavy (non-hydrogen) atoms. The highest BCUT2D eigenvalue weighted by molar-refractivity contribution is 5.91. The van der Waals surface area contributed by atoms with E-state index in [2.05, 4.69) is 52.7 Å². The van der Waals surface area contributed by atoms with E-state index in [0.717, 1.165) is 25.9 Å². The van der Waals surface area contributed by atoms with Gasteiger partial charge in [-0.05, 0) is 55.3 Å². The topological polar surface area (TPSA) is 21.1 Å². The third-order valence-electron chi connectivity index (χ3n) is 5.51. The van der Waals surface area contributed by atoms with Gasteiger partial charge in [-0.3, -0.25) is 4.98 Å². The molecule has 0 bridgehead atoms. The fourth-order valence-electron chi connectivity index (χ4n) is 4.55. The molecule has 1 atom stereocenters. The number of aromatic nitrogens is 2. The summed E-state index contributed by atoms with van der Waals surface area (Å²) >= 11 is 0. The first kappa shape index (κ1) is 13.3. The van der Waals surface area contributed by atoms with E-state index < -0.39 is 0 Å². The molecule has 1 unspecified atom stereocenters. The molecule has 5 rings (SSSR count). The molecule has 2 aromatic heterocycles. The van der Waals surface area contributed by atoms with Crippen LogP contribution in [0.1, 0.15) is 34.0 Å². The monoisotopic (exact) mass is 303 g/mol. The van der Waals surface area contributed by atoms with Crippen LogP contribution in [0.4, 0.5) is 0 Å². The molecule has 3 aromatic rings. The van der Waals surface area contributed by atoms with Gasteiger partial charge in [-0.25, -0.2) is 0 Å². The summed E-state index contributed by atoms with van der Waals surface area (Å²) in [6.45, 7) is 4.46. The molecule has 0 saturated heterocycles. The number of fused-ring (bicyclic) bond motifs is 3. The van der Waals surface area contributed by atoms with Gasteiger partial charge in [-0.2, -0.15) is 0 Å². The van der Waals surface area contributed by atoms with Crippen LogP contribution in [-0.2, 0) is 19.4 Å². The molecular formula is C20H21N3. The van der Waals surface area contributed by atoms with E-state index in [1.807, 2.05) is 12.4 Å². The summed E-state index contributed by atoms with van der Waals surface area (Å²) in [4.78, 5) is 6.64. The SMILES string of the molecule is Cc1cc2c3c(c1)c1c(n3C(c3ccncc3)C2)CCN(C)C1. The summed E-state index contributed by atoms with van der Waals surface area (Å²) in [7, 11) is 2.23. The molecule has 4 heterocycles. The largest absolute Gasteiger partial charge is 0.336 e. The third kappa shape index (κ3) is 1.83. The predicted molar refractivity (Wildman–Crippen MR) is 92.8 cm³/mol. The van der Waals surface area contributed by atoms with Crippen molar-refractivity contribution >= 4 is 10.9 Å². The Morgan fingerprint density at radius 1 is 1.17 bits per heavy atom. The number of nitrogens with zero attached hydrogens (tertiary/aromatic N) is 3. The molecule has 116 valence electrons. The summed E-state index contributed by atoms with van der Waals surface area (Å²) in [5, 5.41) is 1.48. The van der Waals surface area contributed by atoms with Gasteiger partial charge in [0.1, 0.15) is 0 Å². The van der Waals surface area contributed by atoms with Gasteiger partial charge in [0, 0.05) is 43.0 Å². The summed E-state index contributed by atoms with van der Waals surface area (Å²) in [5.41, 5.74) is 8.88. The molecule has 0 radical (unpaired) electrons. The number of likely N-dealkylation sites (N-methyl/N-ethyl adjacent to an activating group) is 1. The summed E-state index contributed by atoms with van der Waals surface area (Å²) in [6, 6.07) is 9.56. The van der Waals surface area contributed by atoms with E-state index in [0.29, 0.717) is 6.04 Å². The van der Waals surface area contributed by atoms with Gasteiger partial charge in [-0.15, -0.1) is 0 Å². The molecular weight excluding hydrogens is 282 g/mol. The summed E-state index contributed by atoms with van der Waals surface area (Å²) in [5.74, 6) is 0. The van der Waals surface area contributed by atoms with Gasteiger partial charge < -0.3 is 9.47 Å². The molecule has 0 saturated carbocycles. The van der Waals surface area contributed by atoms with Crippen LogP contribution >= 0.6 is 0 Å². The van der Waals surface area contributed by atoms with E-state index in [4.69, 9.17) is 0 Å². The Bertz CT molecular complexity index is 908. The van der Waals surface area contributed by atoms with Crippen molar-refractivity contribution in [2.24, 2.45) is 0 Å². The second-order valence-corrected chi connectivity index (χ2v) is 7.10. The minimum absolute atomic E-state index is 0.435. The fourth-order valence-corrected chi connectivity index (χ4v) is 4.55. The van der Waals surface area contributed by atoms with Crippen LogP contribution in [0.3, 0.4) is 0 Å². The van der Waals surface area contributed by atoms with E-state index >= 15 is 0 Å². The minimum Gasteiger partial charge on any atom is -0.336 e. The van der Waals surface area contributed by atoms with Crippen LogP contribution in [0, 0.1) is 6.92 Å². The van der Waals surface area contributed by atoms with E-state index in [1.54, 1.807) is 11.3 Å². The molecule has 2 aliphatic rings. The maximum Gasteiger partial charge on any atom is 0.0631 e. The molecule has 0 amide bonds. The first-order valence-corrected chi connectivity index (χ1v) is 8.46. The van der Waals surface area contributed by atoms with Crippen LogP contribution in [-0.4, -0.2) is 28.0 Å². The van der Waals surface area contributed by atoms with Crippen LogP contribution in [0.2, 0.25) is 0 Å². The van der Waals surface area contributed by atoms with Crippen LogP contribution in [0.5, 0.6) is 0 Å². The fraction of sp³-hybridized carbons (Fsp3) is 0.350.